The molecule has 1 saturated heterocycles. The van der Waals surface area contributed by atoms with Gasteiger partial charge in [-0.2, -0.15) is 13.2 Å². The van der Waals surface area contributed by atoms with Crippen LogP contribution >= 0.6 is 11.6 Å². The predicted molar refractivity (Wildman–Crippen MR) is 98.3 cm³/mol. The molecular weight excluding hydrogens is 393 g/mol. The number of carbonyl (C=O) groups excluding carboxylic acids is 2. The van der Waals surface area contributed by atoms with Gasteiger partial charge in [0.25, 0.3) is 0 Å². The van der Waals surface area contributed by atoms with Crippen LogP contribution in [0.3, 0.4) is 0 Å². The maximum atomic E-state index is 13.0. The smallest absolute Gasteiger partial charge is 0.350 e. The summed E-state index contributed by atoms with van der Waals surface area (Å²) in [6.07, 6.45) is -3.94. The molecule has 8 heteroatoms. The van der Waals surface area contributed by atoms with Crippen LogP contribution < -0.4 is 5.32 Å². The zero-order chi connectivity index (χ0) is 20.3. The van der Waals surface area contributed by atoms with Gasteiger partial charge in [0.15, 0.2) is 0 Å². The van der Waals surface area contributed by atoms with Crippen molar-refractivity contribution in [2.45, 2.75) is 38.1 Å². The van der Waals surface area contributed by atoms with Crippen LogP contribution in [0.15, 0.2) is 48.5 Å². The quantitative estimate of drug-likeness (QED) is 0.804. The van der Waals surface area contributed by atoms with E-state index in [-0.39, 0.29) is 24.4 Å². The number of halogens is 4. The Kier molecular flexibility index (Phi) is 5.93. The van der Waals surface area contributed by atoms with E-state index in [1.54, 1.807) is 0 Å². The zero-order valence-electron chi connectivity index (χ0n) is 14.8. The van der Waals surface area contributed by atoms with Gasteiger partial charge in [0.1, 0.15) is 6.04 Å². The highest BCUT2D eigenvalue weighted by Crippen LogP contribution is 2.36. The lowest BCUT2D eigenvalue weighted by molar-refractivity contribution is -0.137. The first-order valence-corrected chi connectivity index (χ1v) is 9.11. The van der Waals surface area contributed by atoms with Crippen molar-refractivity contribution in [2.24, 2.45) is 0 Å². The fraction of sp³-hybridized carbons (Fsp3) is 0.300. The molecule has 4 nitrogen and oxygen atoms in total. The summed E-state index contributed by atoms with van der Waals surface area (Å²) in [4.78, 5) is 26.3. The Bertz CT molecular complexity index is 871. The van der Waals surface area contributed by atoms with E-state index in [4.69, 9.17) is 11.6 Å². The van der Waals surface area contributed by atoms with Gasteiger partial charge in [-0.3, -0.25) is 9.59 Å². The first-order chi connectivity index (χ1) is 13.3. The van der Waals surface area contributed by atoms with Crippen LogP contribution in [0.1, 0.15) is 29.5 Å². The van der Waals surface area contributed by atoms with Crippen molar-refractivity contribution in [3.05, 3.63) is 70.2 Å². The maximum Gasteiger partial charge on any atom is 0.417 e. The average molecular weight is 411 g/mol. The molecule has 2 aromatic rings. The van der Waals surface area contributed by atoms with Gasteiger partial charge in [-0.1, -0.05) is 54.1 Å². The largest absolute Gasteiger partial charge is 0.417 e. The summed E-state index contributed by atoms with van der Waals surface area (Å²) in [6, 6.07) is 12.2. The molecule has 148 valence electrons. The molecule has 2 amide bonds. The van der Waals surface area contributed by atoms with Crippen molar-refractivity contribution in [1.29, 1.82) is 0 Å². The minimum atomic E-state index is -4.57. The van der Waals surface area contributed by atoms with Crippen LogP contribution in [-0.2, 0) is 28.9 Å². The molecule has 3 rings (SSSR count). The summed E-state index contributed by atoms with van der Waals surface area (Å²) in [7, 11) is 0. The van der Waals surface area contributed by atoms with Crippen LogP contribution in [0.4, 0.5) is 13.2 Å². The molecule has 1 aliphatic rings. The molecular formula is C20H18ClF3N2O2. The minimum Gasteiger partial charge on any atom is -0.350 e. The second kappa shape index (κ2) is 8.22. The molecule has 2 aromatic carbocycles. The monoisotopic (exact) mass is 410 g/mol. The summed E-state index contributed by atoms with van der Waals surface area (Å²) >= 11 is 5.86. The Morgan fingerprint density at radius 1 is 1.14 bits per heavy atom. The first kappa shape index (κ1) is 20.2. The standard InChI is InChI=1S/C20H18ClF3N2O2/c21-18-14(7-4-8-15(18)20(22,23)24)11-25-19(28)16-9-10-17(27)26(16)12-13-5-2-1-3-6-13/h1-8,16H,9-12H2,(H,25,28)/t16-/m1/s1. The fourth-order valence-electron chi connectivity index (χ4n) is 3.22. The molecule has 1 fully saturated rings. The van der Waals surface area contributed by atoms with Crippen molar-refractivity contribution in [3.8, 4) is 0 Å². The third-order valence-corrected chi connectivity index (χ3v) is 5.11. The Labute approximate surface area is 165 Å². The SMILES string of the molecule is O=C(NCc1cccc(C(F)(F)F)c1Cl)[C@H]1CCC(=O)N1Cc1ccccc1. The number of carbonyl (C=O) groups is 2. The number of amides is 2. The van der Waals surface area contributed by atoms with Crippen molar-refractivity contribution in [3.63, 3.8) is 0 Å². The Balaban J connectivity index is 1.68. The third-order valence-electron chi connectivity index (χ3n) is 4.66. The molecule has 0 spiro atoms. The highest BCUT2D eigenvalue weighted by Gasteiger charge is 2.36. The van der Waals surface area contributed by atoms with Gasteiger partial charge in [0, 0.05) is 19.5 Å². The van der Waals surface area contributed by atoms with E-state index in [0.29, 0.717) is 13.0 Å². The second-order valence-electron chi connectivity index (χ2n) is 6.56. The molecule has 0 aromatic heterocycles. The molecule has 0 radical (unpaired) electrons. The topological polar surface area (TPSA) is 49.4 Å². The Hall–Kier alpha value is -2.54. The average Bonchev–Trinajstić information content (AvgIpc) is 3.01. The van der Waals surface area contributed by atoms with Crippen LogP contribution in [0, 0.1) is 0 Å². The molecule has 1 N–H and O–H groups in total. The van der Waals surface area contributed by atoms with Gasteiger partial charge in [-0.05, 0) is 23.6 Å². The van der Waals surface area contributed by atoms with Crippen LogP contribution in [-0.4, -0.2) is 22.8 Å². The Morgan fingerprint density at radius 3 is 2.54 bits per heavy atom. The van der Waals surface area contributed by atoms with E-state index in [2.05, 4.69) is 5.32 Å². The van der Waals surface area contributed by atoms with Gasteiger partial charge in [-0.25, -0.2) is 0 Å². The minimum absolute atomic E-state index is 0.124. The van der Waals surface area contributed by atoms with Gasteiger partial charge >= 0.3 is 6.18 Å². The maximum absolute atomic E-state index is 13.0. The van der Waals surface area contributed by atoms with Crippen LogP contribution in [0.2, 0.25) is 5.02 Å². The lowest BCUT2D eigenvalue weighted by atomic mass is 10.1. The summed E-state index contributed by atoms with van der Waals surface area (Å²) in [6.45, 7) is 0.160. The summed E-state index contributed by atoms with van der Waals surface area (Å²) in [5.41, 5.74) is 0.128. The number of benzene rings is 2. The van der Waals surface area contributed by atoms with E-state index >= 15 is 0 Å². The summed E-state index contributed by atoms with van der Waals surface area (Å²) < 4.78 is 38.9. The molecule has 0 bridgehead atoms. The molecule has 0 saturated carbocycles. The lowest BCUT2D eigenvalue weighted by Gasteiger charge is -2.24. The van der Waals surface area contributed by atoms with Gasteiger partial charge in [0.2, 0.25) is 11.8 Å². The second-order valence-corrected chi connectivity index (χ2v) is 6.93. The molecule has 1 aliphatic heterocycles. The van der Waals surface area contributed by atoms with E-state index in [0.717, 1.165) is 11.6 Å². The van der Waals surface area contributed by atoms with Crippen molar-refractivity contribution < 1.29 is 22.8 Å². The van der Waals surface area contributed by atoms with E-state index in [9.17, 15) is 22.8 Å². The van der Waals surface area contributed by atoms with Crippen molar-refractivity contribution in [1.82, 2.24) is 10.2 Å². The normalized spacial score (nSPS) is 17.1. The Morgan fingerprint density at radius 2 is 1.86 bits per heavy atom. The van der Waals surface area contributed by atoms with Gasteiger partial charge in [0.05, 0.1) is 10.6 Å². The number of likely N-dealkylation sites (tertiary alicyclic amines) is 1. The highest BCUT2D eigenvalue weighted by molar-refractivity contribution is 6.32. The van der Waals surface area contributed by atoms with Gasteiger partial charge < -0.3 is 10.2 Å². The number of hydrogen-bond acceptors (Lipinski definition) is 2. The van der Waals surface area contributed by atoms with E-state index in [1.165, 1.54) is 17.0 Å². The highest BCUT2D eigenvalue weighted by atomic mass is 35.5. The third kappa shape index (κ3) is 4.47. The van der Waals surface area contributed by atoms with E-state index in [1.807, 2.05) is 30.3 Å². The predicted octanol–water partition coefficient (Wildman–Crippen LogP) is 4.17. The first-order valence-electron chi connectivity index (χ1n) is 8.73. The lowest BCUT2D eigenvalue weighted by Crippen LogP contribution is -2.44. The van der Waals surface area contributed by atoms with Crippen LogP contribution in [0.5, 0.6) is 0 Å². The molecule has 1 atom stereocenters. The molecule has 0 aliphatic carbocycles. The molecule has 0 unspecified atom stereocenters. The van der Waals surface area contributed by atoms with Crippen LogP contribution in [0.25, 0.3) is 0 Å². The number of nitrogens with zero attached hydrogens (tertiary/aromatic N) is 1. The fourth-order valence-corrected chi connectivity index (χ4v) is 3.52. The van der Waals surface area contributed by atoms with E-state index < -0.39 is 28.7 Å². The molecule has 28 heavy (non-hydrogen) atoms. The molecule has 1 heterocycles. The summed E-state index contributed by atoms with van der Waals surface area (Å²) in [5, 5.41) is 2.18. The number of hydrogen-bond donors (Lipinski definition) is 1. The van der Waals surface area contributed by atoms with Gasteiger partial charge in [-0.15, -0.1) is 0 Å². The number of rotatable bonds is 5. The van der Waals surface area contributed by atoms with Crippen molar-refractivity contribution in [2.75, 3.05) is 0 Å². The van der Waals surface area contributed by atoms with Crippen molar-refractivity contribution >= 4 is 23.4 Å². The number of nitrogens with one attached hydrogen (secondary N) is 1. The number of alkyl halides is 3. The summed E-state index contributed by atoms with van der Waals surface area (Å²) in [5.74, 6) is -0.531. The zero-order valence-corrected chi connectivity index (χ0v) is 15.6.